The fraction of sp³-hybridized carbons (Fsp3) is 0.115. The van der Waals surface area contributed by atoms with Crippen molar-refractivity contribution in [3.8, 4) is 17.6 Å². The largest absolute Gasteiger partial charge is 0.508 e. The molecule has 4 rings (SSSR count). The summed E-state index contributed by atoms with van der Waals surface area (Å²) in [4.78, 5) is 27.6. The zero-order chi connectivity index (χ0) is 23.7. The molecular weight excluding hydrogens is 420 g/mol. The van der Waals surface area contributed by atoms with E-state index in [0.29, 0.717) is 22.6 Å². The standard InChI is InChI=1S/C26H20N2O5/c1-15-6-11-21(33-2)20(12-15)24(30)22-23(17-4-3-5-19(29)13-17)28(26(32)25(22)31)18-9-7-16(14-27)8-10-18/h3-13,23,29-30H,1-2H3/b24-22+. The van der Waals surface area contributed by atoms with Gasteiger partial charge in [-0.2, -0.15) is 5.26 Å². The number of aromatic hydroxyl groups is 1. The summed E-state index contributed by atoms with van der Waals surface area (Å²) in [5.74, 6) is -1.78. The third-order valence-corrected chi connectivity index (χ3v) is 5.52. The van der Waals surface area contributed by atoms with Crippen molar-refractivity contribution >= 4 is 23.1 Å². The SMILES string of the molecule is COc1ccc(C)cc1/C(O)=C1\C(=O)C(=O)N(c2ccc(C#N)cc2)C1c1cccc(O)c1. The van der Waals surface area contributed by atoms with E-state index >= 15 is 0 Å². The van der Waals surface area contributed by atoms with Crippen molar-refractivity contribution in [2.24, 2.45) is 0 Å². The first-order valence-corrected chi connectivity index (χ1v) is 10.1. The lowest BCUT2D eigenvalue weighted by atomic mass is 9.94. The van der Waals surface area contributed by atoms with Gasteiger partial charge in [0.25, 0.3) is 11.7 Å². The Bertz CT molecular complexity index is 1340. The van der Waals surface area contributed by atoms with Gasteiger partial charge in [-0.25, -0.2) is 0 Å². The van der Waals surface area contributed by atoms with Crippen LogP contribution in [-0.2, 0) is 9.59 Å². The highest BCUT2D eigenvalue weighted by Crippen LogP contribution is 2.43. The predicted octanol–water partition coefficient (Wildman–Crippen LogP) is 4.21. The molecule has 1 unspecified atom stereocenters. The molecule has 1 atom stereocenters. The number of amides is 1. The Morgan fingerprint density at radius 3 is 2.42 bits per heavy atom. The van der Waals surface area contributed by atoms with Crippen molar-refractivity contribution < 1.29 is 24.5 Å². The normalized spacial score (nSPS) is 17.1. The molecular formula is C26H20N2O5. The molecule has 1 aliphatic heterocycles. The van der Waals surface area contributed by atoms with Gasteiger partial charge in [-0.15, -0.1) is 0 Å². The Morgan fingerprint density at radius 2 is 1.79 bits per heavy atom. The number of carbonyl (C=O) groups excluding carboxylic acids is 2. The number of carbonyl (C=O) groups is 2. The van der Waals surface area contributed by atoms with Crippen LogP contribution in [0.2, 0.25) is 0 Å². The molecule has 164 valence electrons. The van der Waals surface area contributed by atoms with Gasteiger partial charge in [0.15, 0.2) is 0 Å². The molecule has 2 N–H and O–H groups in total. The van der Waals surface area contributed by atoms with Crippen molar-refractivity contribution in [1.29, 1.82) is 5.26 Å². The number of benzene rings is 3. The van der Waals surface area contributed by atoms with E-state index in [-0.39, 0.29) is 22.6 Å². The van der Waals surface area contributed by atoms with E-state index in [0.717, 1.165) is 5.56 Å². The van der Waals surface area contributed by atoms with Crippen LogP contribution in [0.5, 0.6) is 11.5 Å². The van der Waals surface area contributed by atoms with Crippen molar-refractivity contribution in [1.82, 2.24) is 0 Å². The fourth-order valence-electron chi connectivity index (χ4n) is 3.96. The third-order valence-electron chi connectivity index (χ3n) is 5.52. The number of aryl methyl sites for hydroxylation is 1. The van der Waals surface area contributed by atoms with E-state index < -0.39 is 17.7 Å². The van der Waals surface area contributed by atoms with Crippen molar-refractivity contribution in [3.05, 3.63) is 94.6 Å². The Balaban J connectivity index is 1.98. The number of anilines is 1. The molecule has 1 fully saturated rings. The van der Waals surface area contributed by atoms with Gasteiger partial charge in [0.05, 0.1) is 35.9 Å². The number of phenols is 1. The highest BCUT2D eigenvalue weighted by Gasteiger charge is 2.47. The summed E-state index contributed by atoms with van der Waals surface area (Å²) >= 11 is 0. The van der Waals surface area contributed by atoms with E-state index in [9.17, 15) is 19.8 Å². The average molecular weight is 440 g/mol. The lowest BCUT2D eigenvalue weighted by molar-refractivity contribution is -0.132. The number of aliphatic hydroxyl groups is 1. The molecule has 0 bridgehead atoms. The maximum Gasteiger partial charge on any atom is 0.300 e. The zero-order valence-corrected chi connectivity index (χ0v) is 17.9. The summed E-state index contributed by atoms with van der Waals surface area (Å²) in [5.41, 5.74) is 2.19. The molecule has 7 nitrogen and oxygen atoms in total. The van der Waals surface area contributed by atoms with Gasteiger partial charge < -0.3 is 14.9 Å². The van der Waals surface area contributed by atoms with Crippen LogP contribution >= 0.6 is 0 Å². The Hall–Kier alpha value is -4.57. The topological polar surface area (TPSA) is 111 Å². The number of ketones is 1. The monoisotopic (exact) mass is 440 g/mol. The maximum atomic E-state index is 13.2. The number of phenolic OH excluding ortho intramolecular Hbond substituents is 1. The second-order valence-electron chi connectivity index (χ2n) is 7.63. The van der Waals surface area contributed by atoms with Crippen LogP contribution in [0.3, 0.4) is 0 Å². The summed E-state index contributed by atoms with van der Waals surface area (Å²) in [6.07, 6.45) is 0. The number of rotatable bonds is 4. The number of hydrogen-bond acceptors (Lipinski definition) is 6. The van der Waals surface area contributed by atoms with E-state index in [2.05, 4.69) is 0 Å². The molecule has 3 aromatic rings. The van der Waals surface area contributed by atoms with Crippen LogP contribution in [-0.4, -0.2) is 29.0 Å². The average Bonchev–Trinajstić information content (AvgIpc) is 3.09. The van der Waals surface area contributed by atoms with Crippen LogP contribution < -0.4 is 9.64 Å². The number of nitriles is 1. The molecule has 7 heteroatoms. The smallest absolute Gasteiger partial charge is 0.300 e. The van der Waals surface area contributed by atoms with E-state index in [1.807, 2.05) is 13.0 Å². The highest BCUT2D eigenvalue weighted by atomic mass is 16.5. The summed E-state index contributed by atoms with van der Waals surface area (Å²) < 4.78 is 5.37. The minimum atomic E-state index is -1.00. The first-order chi connectivity index (χ1) is 15.8. The van der Waals surface area contributed by atoms with Crippen molar-refractivity contribution in [2.75, 3.05) is 12.0 Å². The first-order valence-electron chi connectivity index (χ1n) is 10.1. The lowest BCUT2D eigenvalue weighted by Crippen LogP contribution is -2.29. The van der Waals surface area contributed by atoms with Crippen LogP contribution in [0.4, 0.5) is 5.69 Å². The van der Waals surface area contributed by atoms with E-state index in [1.165, 1.54) is 36.3 Å². The predicted molar refractivity (Wildman–Crippen MR) is 122 cm³/mol. The van der Waals surface area contributed by atoms with Crippen LogP contribution in [0, 0.1) is 18.3 Å². The molecule has 3 aromatic carbocycles. The van der Waals surface area contributed by atoms with Crippen LogP contribution in [0.25, 0.3) is 5.76 Å². The lowest BCUT2D eigenvalue weighted by Gasteiger charge is -2.25. The molecule has 1 saturated heterocycles. The minimum absolute atomic E-state index is 0.0500. The number of ether oxygens (including phenoxy) is 1. The number of aliphatic hydroxyl groups excluding tert-OH is 1. The Labute approximate surface area is 190 Å². The van der Waals surface area contributed by atoms with E-state index in [1.54, 1.807) is 42.5 Å². The maximum absolute atomic E-state index is 13.2. The number of nitrogens with zero attached hydrogens (tertiary/aromatic N) is 2. The van der Waals surface area contributed by atoms with Gasteiger partial charge >= 0.3 is 0 Å². The molecule has 0 spiro atoms. The van der Waals surface area contributed by atoms with Crippen molar-refractivity contribution in [3.63, 3.8) is 0 Å². The molecule has 0 aromatic heterocycles. The Kier molecular flexibility index (Phi) is 5.59. The summed E-state index contributed by atoms with van der Waals surface area (Å²) in [7, 11) is 1.45. The van der Waals surface area contributed by atoms with Gasteiger partial charge in [0.2, 0.25) is 0 Å². The molecule has 1 aliphatic rings. The van der Waals surface area contributed by atoms with Crippen LogP contribution in [0.15, 0.2) is 72.3 Å². The number of hydrogen-bond donors (Lipinski definition) is 2. The number of Topliss-reactive ketones (excluding diaryl/α,β-unsaturated/α-hetero) is 1. The van der Waals surface area contributed by atoms with Gasteiger partial charge in [-0.3, -0.25) is 14.5 Å². The molecule has 0 radical (unpaired) electrons. The second kappa shape index (κ2) is 8.52. The molecule has 0 aliphatic carbocycles. The number of methoxy groups -OCH3 is 1. The second-order valence-corrected chi connectivity index (χ2v) is 7.63. The van der Waals surface area contributed by atoms with Gasteiger partial charge in [-0.05, 0) is 61.0 Å². The molecule has 33 heavy (non-hydrogen) atoms. The first kappa shape index (κ1) is 21.7. The Morgan fingerprint density at radius 1 is 1.06 bits per heavy atom. The molecule has 1 amide bonds. The highest BCUT2D eigenvalue weighted by molar-refractivity contribution is 6.51. The van der Waals surface area contributed by atoms with Gasteiger partial charge in [0, 0.05) is 5.69 Å². The van der Waals surface area contributed by atoms with E-state index in [4.69, 9.17) is 10.00 Å². The molecule has 1 heterocycles. The van der Waals surface area contributed by atoms with Gasteiger partial charge in [-0.1, -0.05) is 23.8 Å². The summed E-state index contributed by atoms with van der Waals surface area (Å²) in [6, 6.07) is 18.5. The summed E-state index contributed by atoms with van der Waals surface area (Å²) in [6.45, 7) is 1.83. The fourth-order valence-corrected chi connectivity index (χ4v) is 3.96. The van der Waals surface area contributed by atoms with Crippen LogP contribution in [0.1, 0.15) is 28.3 Å². The summed E-state index contributed by atoms with van der Waals surface area (Å²) in [5, 5.41) is 30.5. The van der Waals surface area contributed by atoms with Gasteiger partial charge in [0.1, 0.15) is 17.3 Å². The zero-order valence-electron chi connectivity index (χ0n) is 17.9. The quantitative estimate of drug-likeness (QED) is 0.357. The van der Waals surface area contributed by atoms with Crippen molar-refractivity contribution in [2.45, 2.75) is 13.0 Å². The molecule has 0 saturated carbocycles. The third kappa shape index (κ3) is 3.79. The minimum Gasteiger partial charge on any atom is -0.508 e.